The summed E-state index contributed by atoms with van der Waals surface area (Å²) in [6, 6.07) is 4.65. The number of imidazole rings is 1. The van der Waals surface area contributed by atoms with E-state index in [1.807, 2.05) is 11.1 Å². The predicted octanol–water partition coefficient (Wildman–Crippen LogP) is 0.133. The normalized spacial score (nSPS) is 15.2. The molecule has 2 aromatic rings. The maximum Gasteiger partial charge on any atom is 0.238 e. The first kappa shape index (κ1) is 12.9. The minimum atomic E-state index is -3.76. The number of benzene rings is 1. The molecule has 1 aromatic carbocycles. The van der Waals surface area contributed by atoms with Crippen LogP contribution < -0.4 is 15.8 Å². The van der Waals surface area contributed by atoms with E-state index in [0.29, 0.717) is 12.2 Å². The Morgan fingerprint density at radius 3 is 2.75 bits per heavy atom. The highest BCUT2D eigenvalue weighted by Crippen LogP contribution is 2.25. The number of nitrogen functional groups attached to an aromatic ring is 1. The third-order valence-electron chi connectivity index (χ3n) is 3.35. The zero-order valence-corrected chi connectivity index (χ0v) is 11.5. The van der Waals surface area contributed by atoms with Crippen LogP contribution in [0.3, 0.4) is 0 Å². The van der Waals surface area contributed by atoms with Crippen molar-refractivity contribution in [3.05, 3.63) is 36.4 Å². The van der Waals surface area contributed by atoms with Crippen LogP contribution >= 0.6 is 0 Å². The number of nitrogens with two attached hydrogens (primary N) is 2. The first-order chi connectivity index (χ1) is 9.43. The summed E-state index contributed by atoms with van der Waals surface area (Å²) in [5, 5.41) is 5.17. The zero-order valence-electron chi connectivity index (χ0n) is 10.7. The fraction of sp³-hybridized carbons (Fsp3) is 0.250. The largest absolute Gasteiger partial charge is 0.399 e. The number of fused-ring (bicyclic) bond motifs is 1. The minimum Gasteiger partial charge on any atom is -0.399 e. The second-order valence-electron chi connectivity index (χ2n) is 4.76. The van der Waals surface area contributed by atoms with Gasteiger partial charge in [-0.3, -0.25) is 0 Å². The number of rotatable bonds is 2. The molecule has 0 amide bonds. The highest BCUT2D eigenvalue weighted by molar-refractivity contribution is 7.89. The van der Waals surface area contributed by atoms with Gasteiger partial charge < -0.3 is 15.2 Å². The fourth-order valence-electron chi connectivity index (χ4n) is 2.35. The maximum absolute atomic E-state index is 11.5. The maximum atomic E-state index is 11.5. The van der Waals surface area contributed by atoms with Crippen molar-refractivity contribution >= 4 is 21.4 Å². The second kappa shape index (κ2) is 4.50. The summed E-state index contributed by atoms with van der Waals surface area (Å²) in [7, 11) is -3.76. The molecule has 1 aliphatic heterocycles. The molecule has 8 heteroatoms. The molecule has 3 rings (SSSR count). The number of anilines is 2. The Morgan fingerprint density at radius 2 is 2.00 bits per heavy atom. The van der Waals surface area contributed by atoms with Gasteiger partial charge in [-0.1, -0.05) is 0 Å². The molecule has 0 fully saturated rings. The van der Waals surface area contributed by atoms with Crippen LogP contribution in [0.5, 0.6) is 0 Å². The van der Waals surface area contributed by atoms with E-state index in [0.717, 1.165) is 24.6 Å². The molecule has 0 saturated carbocycles. The molecule has 1 aromatic heterocycles. The molecule has 0 atom stereocenters. The Morgan fingerprint density at radius 1 is 1.20 bits per heavy atom. The third-order valence-corrected chi connectivity index (χ3v) is 4.24. The van der Waals surface area contributed by atoms with E-state index < -0.39 is 10.0 Å². The first-order valence-electron chi connectivity index (χ1n) is 6.12. The lowest BCUT2D eigenvalue weighted by atomic mass is 10.2. The van der Waals surface area contributed by atoms with Crippen molar-refractivity contribution in [1.29, 1.82) is 0 Å². The molecule has 0 aliphatic carbocycles. The lowest BCUT2D eigenvalue weighted by Gasteiger charge is -2.30. The average Bonchev–Trinajstić information content (AvgIpc) is 2.84. The quantitative estimate of drug-likeness (QED) is 0.765. The molecule has 2 heterocycles. The van der Waals surface area contributed by atoms with Crippen LogP contribution in [0.4, 0.5) is 11.4 Å². The van der Waals surface area contributed by atoms with Gasteiger partial charge in [-0.05, 0) is 18.2 Å². The number of hydrogen-bond acceptors (Lipinski definition) is 5. The first-order valence-corrected chi connectivity index (χ1v) is 7.66. The van der Waals surface area contributed by atoms with Crippen LogP contribution in [0.15, 0.2) is 35.5 Å². The molecule has 20 heavy (non-hydrogen) atoms. The van der Waals surface area contributed by atoms with Crippen molar-refractivity contribution in [2.75, 3.05) is 17.2 Å². The van der Waals surface area contributed by atoms with Gasteiger partial charge in [0, 0.05) is 36.9 Å². The standard InChI is InChI=1S/C12H15N5O2S/c13-9-5-10(7-11(6-9)20(14,18)19)17-4-3-16-2-1-15-12(16)8-17/h1-2,5-7H,3-4,8,13H2,(H2,14,18,19). The molecule has 0 spiro atoms. The smallest absolute Gasteiger partial charge is 0.238 e. The summed E-state index contributed by atoms with van der Waals surface area (Å²) in [6.45, 7) is 2.17. The number of primary sulfonamides is 1. The van der Waals surface area contributed by atoms with Gasteiger partial charge in [-0.25, -0.2) is 18.5 Å². The molecular formula is C12H15N5O2S. The van der Waals surface area contributed by atoms with Crippen molar-refractivity contribution in [3.63, 3.8) is 0 Å². The highest BCUT2D eigenvalue weighted by Gasteiger charge is 2.19. The van der Waals surface area contributed by atoms with Gasteiger partial charge in [0.15, 0.2) is 0 Å². The Kier molecular flexibility index (Phi) is 2.91. The topological polar surface area (TPSA) is 107 Å². The molecule has 4 N–H and O–H groups in total. The van der Waals surface area contributed by atoms with Crippen molar-refractivity contribution < 1.29 is 8.42 Å². The van der Waals surface area contributed by atoms with Crippen molar-refractivity contribution in [1.82, 2.24) is 9.55 Å². The van der Waals surface area contributed by atoms with Gasteiger partial charge in [0.05, 0.1) is 11.4 Å². The van der Waals surface area contributed by atoms with Gasteiger partial charge in [0.1, 0.15) is 5.82 Å². The van der Waals surface area contributed by atoms with Crippen LogP contribution in [0.25, 0.3) is 0 Å². The van der Waals surface area contributed by atoms with Gasteiger partial charge >= 0.3 is 0 Å². The lowest BCUT2D eigenvalue weighted by Crippen LogP contribution is -2.33. The molecule has 0 saturated heterocycles. The van der Waals surface area contributed by atoms with E-state index in [1.54, 1.807) is 18.3 Å². The Bertz CT molecular complexity index is 753. The Hall–Kier alpha value is -2.06. The molecule has 0 unspecified atom stereocenters. The number of sulfonamides is 1. The second-order valence-corrected chi connectivity index (χ2v) is 6.33. The number of aromatic nitrogens is 2. The van der Waals surface area contributed by atoms with Crippen LogP contribution in [0.2, 0.25) is 0 Å². The van der Waals surface area contributed by atoms with Crippen LogP contribution in [0.1, 0.15) is 5.82 Å². The molecule has 7 nitrogen and oxygen atoms in total. The number of nitrogens with zero attached hydrogens (tertiary/aromatic N) is 3. The van der Waals surface area contributed by atoms with E-state index in [9.17, 15) is 8.42 Å². The van der Waals surface area contributed by atoms with Crippen LogP contribution in [-0.4, -0.2) is 24.5 Å². The van der Waals surface area contributed by atoms with Gasteiger partial charge in [0.25, 0.3) is 0 Å². The Labute approximate surface area is 116 Å². The monoisotopic (exact) mass is 293 g/mol. The molecule has 106 valence electrons. The lowest BCUT2D eigenvalue weighted by molar-refractivity contribution is 0.559. The average molecular weight is 293 g/mol. The van der Waals surface area contributed by atoms with E-state index in [2.05, 4.69) is 9.55 Å². The van der Waals surface area contributed by atoms with E-state index >= 15 is 0 Å². The highest BCUT2D eigenvalue weighted by atomic mass is 32.2. The predicted molar refractivity (Wildman–Crippen MR) is 75.5 cm³/mol. The van der Waals surface area contributed by atoms with Crippen LogP contribution in [-0.2, 0) is 23.1 Å². The number of hydrogen-bond donors (Lipinski definition) is 2. The fourth-order valence-corrected chi connectivity index (χ4v) is 2.93. The van der Waals surface area contributed by atoms with E-state index in [4.69, 9.17) is 10.9 Å². The SMILES string of the molecule is Nc1cc(N2CCn3ccnc3C2)cc(S(N)(=O)=O)c1. The zero-order chi connectivity index (χ0) is 14.3. The Balaban J connectivity index is 1.98. The molecular weight excluding hydrogens is 278 g/mol. The molecule has 1 aliphatic rings. The summed E-state index contributed by atoms with van der Waals surface area (Å²) in [5.74, 6) is 0.941. The summed E-state index contributed by atoms with van der Waals surface area (Å²) in [4.78, 5) is 6.34. The van der Waals surface area contributed by atoms with E-state index in [-0.39, 0.29) is 4.90 Å². The van der Waals surface area contributed by atoms with Crippen molar-refractivity contribution in [2.45, 2.75) is 18.0 Å². The van der Waals surface area contributed by atoms with Gasteiger partial charge in [-0.2, -0.15) is 0 Å². The summed E-state index contributed by atoms with van der Waals surface area (Å²) in [6.07, 6.45) is 3.69. The van der Waals surface area contributed by atoms with Crippen LogP contribution in [0, 0.1) is 0 Å². The van der Waals surface area contributed by atoms with Gasteiger partial charge in [0.2, 0.25) is 10.0 Å². The van der Waals surface area contributed by atoms with Gasteiger partial charge in [-0.15, -0.1) is 0 Å². The summed E-state index contributed by atoms with van der Waals surface area (Å²) in [5.41, 5.74) is 6.88. The van der Waals surface area contributed by atoms with E-state index in [1.165, 1.54) is 6.07 Å². The van der Waals surface area contributed by atoms with Crippen molar-refractivity contribution in [2.24, 2.45) is 5.14 Å². The third kappa shape index (κ3) is 2.35. The molecule has 0 radical (unpaired) electrons. The summed E-state index contributed by atoms with van der Waals surface area (Å²) < 4.78 is 25.0. The minimum absolute atomic E-state index is 0.0291. The summed E-state index contributed by atoms with van der Waals surface area (Å²) >= 11 is 0. The molecule has 0 bridgehead atoms. The van der Waals surface area contributed by atoms with Crippen molar-refractivity contribution in [3.8, 4) is 0 Å².